The Hall–Kier alpha value is -2.48. The highest BCUT2D eigenvalue weighted by Gasteiger charge is 2.17. The van der Waals surface area contributed by atoms with Crippen molar-refractivity contribution in [3.05, 3.63) is 45.6 Å². The Morgan fingerprint density at radius 2 is 2.28 bits per heavy atom. The van der Waals surface area contributed by atoms with E-state index in [0.717, 1.165) is 12.3 Å². The van der Waals surface area contributed by atoms with Gasteiger partial charge in [0.25, 0.3) is 11.6 Å². The van der Waals surface area contributed by atoms with Gasteiger partial charge >= 0.3 is 0 Å². The third-order valence-electron chi connectivity index (χ3n) is 1.97. The highest BCUT2D eigenvalue weighted by atomic mass is 35.5. The predicted octanol–water partition coefficient (Wildman–Crippen LogP) is 1.88. The van der Waals surface area contributed by atoms with E-state index in [1.807, 2.05) is 0 Å². The molecule has 0 radical (unpaired) electrons. The van der Waals surface area contributed by atoms with Gasteiger partial charge < -0.3 is 9.84 Å². The molecule has 0 unspecified atom stereocenters. The number of carbonyl (C=O) groups excluding carboxylic acids is 1. The largest absolute Gasteiger partial charge is 0.363 e. The van der Waals surface area contributed by atoms with E-state index >= 15 is 0 Å². The van der Waals surface area contributed by atoms with Crippen LogP contribution in [-0.2, 0) is 0 Å². The number of hydrogen-bond donors (Lipinski definition) is 1. The van der Waals surface area contributed by atoms with E-state index in [1.54, 1.807) is 0 Å². The number of anilines is 1. The molecule has 1 amide bonds. The molecular formula is C9H5ClN4O4. The van der Waals surface area contributed by atoms with Crippen LogP contribution in [0.25, 0.3) is 0 Å². The third-order valence-corrected chi connectivity index (χ3v) is 2.27. The van der Waals surface area contributed by atoms with E-state index < -0.39 is 10.8 Å². The summed E-state index contributed by atoms with van der Waals surface area (Å²) < 4.78 is 4.52. The first-order valence-corrected chi connectivity index (χ1v) is 4.96. The normalized spacial score (nSPS) is 10.1. The molecule has 2 heterocycles. The summed E-state index contributed by atoms with van der Waals surface area (Å²) in [7, 11) is 0. The second-order valence-corrected chi connectivity index (χ2v) is 3.51. The maximum Gasteiger partial charge on any atom is 0.288 e. The zero-order valence-electron chi connectivity index (χ0n) is 8.66. The van der Waals surface area contributed by atoms with Crippen molar-refractivity contribution in [3.63, 3.8) is 0 Å². The molecule has 8 nitrogen and oxygen atoms in total. The minimum absolute atomic E-state index is 0.105. The van der Waals surface area contributed by atoms with Crippen molar-refractivity contribution in [2.75, 3.05) is 5.32 Å². The highest BCUT2D eigenvalue weighted by Crippen LogP contribution is 2.20. The molecule has 0 aliphatic carbocycles. The van der Waals surface area contributed by atoms with Crippen LogP contribution in [0.2, 0.25) is 5.15 Å². The van der Waals surface area contributed by atoms with Crippen molar-refractivity contribution in [2.24, 2.45) is 0 Å². The fourth-order valence-electron chi connectivity index (χ4n) is 1.16. The van der Waals surface area contributed by atoms with Crippen LogP contribution >= 0.6 is 11.6 Å². The first-order valence-electron chi connectivity index (χ1n) is 4.58. The van der Waals surface area contributed by atoms with Crippen molar-refractivity contribution in [2.45, 2.75) is 0 Å². The number of pyridine rings is 1. The monoisotopic (exact) mass is 268 g/mol. The molecule has 0 saturated carbocycles. The molecule has 18 heavy (non-hydrogen) atoms. The van der Waals surface area contributed by atoms with Crippen molar-refractivity contribution in [3.8, 4) is 0 Å². The molecular weight excluding hydrogens is 264 g/mol. The van der Waals surface area contributed by atoms with Crippen LogP contribution in [0.1, 0.15) is 10.4 Å². The predicted molar refractivity (Wildman–Crippen MR) is 60.4 cm³/mol. The Bertz CT molecular complexity index is 599. The van der Waals surface area contributed by atoms with Gasteiger partial charge in [-0.3, -0.25) is 14.9 Å². The lowest BCUT2D eigenvalue weighted by Crippen LogP contribution is -2.13. The molecule has 9 heteroatoms. The number of hydrogen-bond acceptors (Lipinski definition) is 6. The van der Waals surface area contributed by atoms with Crippen LogP contribution in [0.3, 0.4) is 0 Å². The van der Waals surface area contributed by atoms with E-state index in [1.165, 1.54) is 12.5 Å². The number of amides is 1. The second kappa shape index (κ2) is 4.80. The van der Waals surface area contributed by atoms with Gasteiger partial charge in [0.15, 0.2) is 0 Å². The molecule has 92 valence electrons. The van der Waals surface area contributed by atoms with Crippen LogP contribution in [0.5, 0.6) is 0 Å². The highest BCUT2D eigenvalue weighted by molar-refractivity contribution is 6.33. The standard InChI is InChI=1S/C9H5ClN4O4/c10-8-7(1-6(3-11-8)14(16)17)9(15)13-5-2-12-18-4-5/h1-4H,(H,13,15). The summed E-state index contributed by atoms with van der Waals surface area (Å²) in [5.41, 5.74) is -0.121. The Morgan fingerprint density at radius 3 is 2.89 bits per heavy atom. The van der Waals surface area contributed by atoms with Crippen molar-refractivity contribution >= 4 is 28.9 Å². The summed E-state index contributed by atoms with van der Waals surface area (Å²) in [6.07, 6.45) is 3.45. The van der Waals surface area contributed by atoms with Crippen LogP contribution in [-0.4, -0.2) is 21.0 Å². The van der Waals surface area contributed by atoms with Gasteiger partial charge in [0, 0.05) is 6.07 Å². The van der Waals surface area contributed by atoms with Gasteiger partial charge in [-0.2, -0.15) is 0 Å². The SMILES string of the molecule is O=C(Nc1cnoc1)c1cc([N+](=O)[O-])cnc1Cl. The maximum absolute atomic E-state index is 11.8. The second-order valence-electron chi connectivity index (χ2n) is 3.16. The molecule has 2 aromatic rings. The maximum atomic E-state index is 11.8. The molecule has 0 bridgehead atoms. The lowest BCUT2D eigenvalue weighted by molar-refractivity contribution is -0.385. The molecule has 0 fully saturated rings. The van der Waals surface area contributed by atoms with Gasteiger partial charge in [-0.1, -0.05) is 16.8 Å². The van der Waals surface area contributed by atoms with Crippen molar-refractivity contribution < 1.29 is 14.2 Å². The van der Waals surface area contributed by atoms with Crippen molar-refractivity contribution in [1.82, 2.24) is 10.1 Å². The van der Waals surface area contributed by atoms with E-state index in [9.17, 15) is 14.9 Å². The van der Waals surface area contributed by atoms with Crippen LogP contribution in [0.15, 0.2) is 29.2 Å². The smallest absolute Gasteiger partial charge is 0.288 e. The number of aromatic nitrogens is 2. The molecule has 0 aromatic carbocycles. The number of nitrogens with zero attached hydrogens (tertiary/aromatic N) is 3. The summed E-state index contributed by atoms with van der Waals surface area (Å²) in [5.74, 6) is -0.639. The molecule has 1 N–H and O–H groups in total. The van der Waals surface area contributed by atoms with Gasteiger partial charge in [-0.25, -0.2) is 4.98 Å². The zero-order chi connectivity index (χ0) is 13.1. The Balaban J connectivity index is 2.29. The van der Waals surface area contributed by atoms with Gasteiger partial charge in [-0.15, -0.1) is 0 Å². The van der Waals surface area contributed by atoms with Crippen molar-refractivity contribution in [1.29, 1.82) is 0 Å². The Morgan fingerprint density at radius 1 is 1.50 bits per heavy atom. The molecule has 2 aromatic heterocycles. The summed E-state index contributed by atoms with van der Waals surface area (Å²) in [6, 6.07) is 1.04. The van der Waals surface area contributed by atoms with Gasteiger partial charge in [0.2, 0.25) is 0 Å². The molecule has 0 aliphatic heterocycles. The van der Waals surface area contributed by atoms with E-state index in [4.69, 9.17) is 11.6 Å². The molecule has 0 aliphatic rings. The van der Waals surface area contributed by atoms with E-state index in [-0.39, 0.29) is 16.4 Å². The van der Waals surface area contributed by atoms with Gasteiger partial charge in [-0.05, 0) is 0 Å². The van der Waals surface area contributed by atoms with Crippen LogP contribution < -0.4 is 5.32 Å². The number of carbonyl (C=O) groups is 1. The lowest BCUT2D eigenvalue weighted by Gasteiger charge is -2.03. The Kier molecular flexibility index (Phi) is 3.20. The summed E-state index contributed by atoms with van der Waals surface area (Å²) in [6.45, 7) is 0. The lowest BCUT2D eigenvalue weighted by atomic mass is 10.2. The van der Waals surface area contributed by atoms with E-state index in [0.29, 0.717) is 5.69 Å². The quantitative estimate of drug-likeness (QED) is 0.517. The minimum atomic E-state index is -0.667. The third kappa shape index (κ3) is 2.43. The fourth-order valence-corrected chi connectivity index (χ4v) is 1.35. The average Bonchev–Trinajstić information content (AvgIpc) is 2.81. The van der Waals surface area contributed by atoms with E-state index in [2.05, 4.69) is 20.0 Å². The molecule has 0 spiro atoms. The number of rotatable bonds is 3. The summed E-state index contributed by atoms with van der Waals surface area (Å²) >= 11 is 5.70. The number of nitrogens with one attached hydrogen (secondary N) is 1. The van der Waals surface area contributed by atoms with Gasteiger partial charge in [0.1, 0.15) is 23.3 Å². The van der Waals surface area contributed by atoms with Gasteiger partial charge in [0.05, 0.1) is 16.7 Å². The fraction of sp³-hybridized carbons (Fsp3) is 0. The zero-order valence-corrected chi connectivity index (χ0v) is 9.42. The Labute approximate surface area is 105 Å². The van der Waals surface area contributed by atoms with Crippen LogP contribution in [0, 0.1) is 10.1 Å². The number of halogens is 1. The van der Waals surface area contributed by atoms with Crippen LogP contribution in [0.4, 0.5) is 11.4 Å². The molecule has 2 rings (SSSR count). The average molecular weight is 269 g/mol. The number of nitro groups is 1. The minimum Gasteiger partial charge on any atom is -0.363 e. The first-order chi connectivity index (χ1) is 8.58. The molecule has 0 atom stereocenters. The first kappa shape index (κ1) is 12.0. The topological polar surface area (TPSA) is 111 Å². The summed E-state index contributed by atoms with van der Waals surface area (Å²) in [4.78, 5) is 25.3. The summed E-state index contributed by atoms with van der Waals surface area (Å²) in [5, 5.41) is 16.2. The molecule has 0 saturated heterocycles.